The number of benzene rings is 3. The summed E-state index contributed by atoms with van der Waals surface area (Å²) in [6.45, 7) is 4.25. The molecule has 150 valence electrons. The first-order valence-corrected chi connectivity index (χ1v) is 10.1. The van der Waals surface area contributed by atoms with Crippen LogP contribution in [0.25, 0.3) is 10.8 Å². The van der Waals surface area contributed by atoms with Crippen LogP contribution in [0.4, 0.5) is 4.79 Å². The topological polar surface area (TPSA) is 53.0 Å². The molecule has 1 fully saturated rings. The van der Waals surface area contributed by atoms with Crippen molar-refractivity contribution >= 4 is 16.9 Å². The van der Waals surface area contributed by atoms with Crippen molar-refractivity contribution in [3.8, 4) is 5.75 Å². The van der Waals surface area contributed by atoms with Crippen molar-refractivity contribution in [3.63, 3.8) is 0 Å². The van der Waals surface area contributed by atoms with Crippen LogP contribution in [0, 0.1) is 0 Å². The molecular formula is C24H26N2O3. The third-order valence-electron chi connectivity index (χ3n) is 5.45. The van der Waals surface area contributed by atoms with Gasteiger partial charge in [0.15, 0.2) is 0 Å². The van der Waals surface area contributed by atoms with Gasteiger partial charge < -0.3 is 14.7 Å². The third kappa shape index (κ3) is 5.06. The molecule has 29 heavy (non-hydrogen) atoms. The Balaban J connectivity index is 1.24. The quantitative estimate of drug-likeness (QED) is 0.683. The first-order chi connectivity index (χ1) is 14.2. The molecule has 1 aliphatic rings. The zero-order chi connectivity index (χ0) is 20.1. The van der Waals surface area contributed by atoms with Gasteiger partial charge in [-0.1, -0.05) is 54.6 Å². The SMILES string of the molecule is O=C(O)N1CCN(Cc2ccc(CCOc3ccc4ccccc4c3)cc2)CC1. The predicted molar refractivity (Wildman–Crippen MR) is 114 cm³/mol. The standard InChI is InChI=1S/C24H26N2O3/c27-24(28)26-14-12-25(13-15-26)18-20-7-5-19(6-8-20)11-16-29-23-10-9-21-3-1-2-4-22(21)17-23/h1-10,17H,11-16,18H2,(H,27,28). The second kappa shape index (κ2) is 8.97. The van der Waals surface area contributed by atoms with Gasteiger partial charge in [-0.15, -0.1) is 0 Å². The summed E-state index contributed by atoms with van der Waals surface area (Å²) in [4.78, 5) is 14.8. The van der Waals surface area contributed by atoms with E-state index >= 15 is 0 Å². The molecule has 5 heteroatoms. The molecule has 0 atom stereocenters. The zero-order valence-electron chi connectivity index (χ0n) is 16.5. The summed E-state index contributed by atoms with van der Waals surface area (Å²) in [5, 5.41) is 11.4. The van der Waals surface area contributed by atoms with Gasteiger partial charge in [-0.05, 0) is 34.0 Å². The Hall–Kier alpha value is -3.05. The van der Waals surface area contributed by atoms with Crippen LogP contribution >= 0.6 is 0 Å². The molecule has 5 nitrogen and oxygen atoms in total. The molecule has 0 saturated carbocycles. The third-order valence-corrected chi connectivity index (χ3v) is 5.45. The number of amides is 1. The average molecular weight is 390 g/mol. The Morgan fingerprint density at radius 3 is 2.28 bits per heavy atom. The molecule has 4 rings (SSSR count). The lowest BCUT2D eigenvalue weighted by Crippen LogP contribution is -2.47. The van der Waals surface area contributed by atoms with Crippen LogP contribution in [-0.4, -0.2) is 53.8 Å². The van der Waals surface area contributed by atoms with E-state index in [2.05, 4.69) is 53.4 Å². The molecule has 1 N–H and O–H groups in total. The van der Waals surface area contributed by atoms with Crippen LogP contribution in [0.1, 0.15) is 11.1 Å². The molecule has 0 radical (unpaired) electrons. The van der Waals surface area contributed by atoms with Crippen LogP contribution in [0.15, 0.2) is 66.7 Å². The highest BCUT2D eigenvalue weighted by atomic mass is 16.5. The molecule has 3 aromatic rings. The van der Waals surface area contributed by atoms with Crippen molar-refractivity contribution in [3.05, 3.63) is 77.9 Å². The lowest BCUT2D eigenvalue weighted by molar-refractivity contribution is 0.103. The van der Waals surface area contributed by atoms with Crippen LogP contribution in [0.2, 0.25) is 0 Å². The van der Waals surface area contributed by atoms with Gasteiger partial charge in [0.1, 0.15) is 5.75 Å². The number of hydrogen-bond donors (Lipinski definition) is 1. The smallest absolute Gasteiger partial charge is 0.407 e. The molecule has 1 amide bonds. The van der Waals surface area contributed by atoms with Crippen LogP contribution < -0.4 is 4.74 Å². The number of fused-ring (bicyclic) bond motifs is 1. The molecule has 0 spiro atoms. The molecule has 0 bridgehead atoms. The Morgan fingerprint density at radius 1 is 0.862 bits per heavy atom. The largest absolute Gasteiger partial charge is 0.493 e. The first-order valence-electron chi connectivity index (χ1n) is 10.1. The fourth-order valence-electron chi connectivity index (χ4n) is 3.71. The monoisotopic (exact) mass is 390 g/mol. The summed E-state index contributed by atoms with van der Waals surface area (Å²) >= 11 is 0. The lowest BCUT2D eigenvalue weighted by Gasteiger charge is -2.33. The van der Waals surface area contributed by atoms with Gasteiger partial charge >= 0.3 is 6.09 Å². The van der Waals surface area contributed by atoms with Gasteiger partial charge in [0.2, 0.25) is 0 Å². The number of rotatable bonds is 6. The van der Waals surface area contributed by atoms with E-state index in [1.807, 2.05) is 18.2 Å². The minimum Gasteiger partial charge on any atom is -0.493 e. The maximum Gasteiger partial charge on any atom is 0.407 e. The van der Waals surface area contributed by atoms with E-state index < -0.39 is 6.09 Å². The van der Waals surface area contributed by atoms with Gasteiger partial charge in [-0.3, -0.25) is 4.90 Å². The van der Waals surface area contributed by atoms with Gasteiger partial charge in [-0.25, -0.2) is 4.79 Å². The first kappa shape index (κ1) is 19.3. The fraction of sp³-hybridized carbons (Fsp3) is 0.292. The second-order valence-corrected chi connectivity index (χ2v) is 7.47. The van der Waals surface area contributed by atoms with E-state index in [4.69, 9.17) is 9.84 Å². The van der Waals surface area contributed by atoms with Crippen molar-refractivity contribution < 1.29 is 14.6 Å². The summed E-state index contributed by atoms with van der Waals surface area (Å²) in [6.07, 6.45) is 0.0459. The Kier molecular flexibility index (Phi) is 5.96. The second-order valence-electron chi connectivity index (χ2n) is 7.47. The number of carbonyl (C=O) groups is 1. The molecule has 1 heterocycles. The van der Waals surface area contributed by atoms with E-state index in [1.54, 1.807) is 0 Å². The number of nitrogens with zero attached hydrogens (tertiary/aromatic N) is 2. The summed E-state index contributed by atoms with van der Waals surface area (Å²) in [7, 11) is 0. The van der Waals surface area contributed by atoms with Crippen molar-refractivity contribution in [1.29, 1.82) is 0 Å². The number of hydrogen-bond acceptors (Lipinski definition) is 3. The normalized spacial score (nSPS) is 14.8. The fourth-order valence-corrected chi connectivity index (χ4v) is 3.71. The van der Waals surface area contributed by atoms with Crippen LogP contribution in [-0.2, 0) is 13.0 Å². The van der Waals surface area contributed by atoms with Crippen molar-refractivity contribution in [1.82, 2.24) is 9.80 Å². The summed E-state index contributed by atoms with van der Waals surface area (Å²) in [5.41, 5.74) is 2.51. The van der Waals surface area contributed by atoms with E-state index in [9.17, 15) is 4.79 Å². The van der Waals surface area contributed by atoms with E-state index in [-0.39, 0.29) is 0 Å². The number of piperazine rings is 1. The number of carboxylic acid groups (broad SMARTS) is 1. The minimum atomic E-state index is -0.820. The highest BCUT2D eigenvalue weighted by Crippen LogP contribution is 2.20. The summed E-state index contributed by atoms with van der Waals surface area (Å²) < 4.78 is 5.94. The minimum absolute atomic E-state index is 0.583. The van der Waals surface area contributed by atoms with Crippen molar-refractivity contribution in [2.75, 3.05) is 32.8 Å². The predicted octanol–water partition coefficient (Wildman–Crippen LogP) is 4.26. The van der Waals surface area contributed by atoms with Crippen molar-refractivity contribution in [2.45, 2.75) is 13.0 Å². The molecule has 0 aromatic heterocycles. The van der Waals surface area contributed by atoms with E-state index in [0.717, 1.165) is 31.8 Å². The number of ether oxygens (including phenoxy) is 1. The van der Waals surface area contributed by atoms with Gasteiger partial charge in [0.25, 0.3) is 0 Å². The zero-order valence-corrected chi connectivity index (χ0v) is 16.5. The maximum atomic E-state index is 11.0. The Morgan fingerprint density at radius 2 is 1.55 bits per heavy atom. The Labute approximate surface area is 171 Å². The van der Waals surface area contributed by atoms with Crippen molar-refractivity contribution in [2.24, 2.45) is 0 Å². The van der Waals surface area contributed by atoms with Gasteiger partial charge in [-0.2, -0.15) is 0 Å². The summed E-state index contributed by atoms with van der Waals surface area (Å²) in [6, 6.07) is 23.1. The molecule has 1 aliphatic heterocycles. The van der Waals surface area contributed by atoms with E-state index in [0.29, 0.717) is 19.7 Å². The molecular weight excluding hydrogens is 364 g/mol. The summed E-state index contributed by atoms with van der Waals surface area (Å²) in [5.74, 6) is 0.904. The van der Waals surface area contributed by atoms with Gasteiger partial charge in [0.05, 0.1) is 6.61 Å². The highest BCUT2D eigenvalue weighted by molar-refractivity contribution is 5.83. The molecule has 1 saturated heterocycles. The lowest BCUT2D eigenvalue weighted by atomic mass is 10.1. The maximum absolute atomic E-state index is 11.0. The molecule has 0 unspecified atom stereocenters. The van der Waals surface area contributed by atoms with Crippen LogP contribution in [0.3, 0.4) is 0 Å². The molecule has 0 aliphatic carbocycles. The highest BCUT2D eigenvalue weighted by Gasteiger charge is 2.20. The van der Waals surface area contributed by atoms with Gasteiger partial charge in [0, 0.05) is 39.1 Å². The average Bonchev–Trinajstić information content (AvgIpc) is 2.75. The van der Waals surface area contributed by atoms with Crippen LogP contribution in [0.5, 0.6) is 5.75 Å². The van der Waals surface area contributed by atoms with E-state index in [1.165, 1.54) is 26.8 Å². The Bertz CT molecular complexity index is 963. The molecule has 3 aromatic carbocycles.